The number of benzene rings is 2. The lowest BCUT2D eigenvalue weighted by atomic mass is 9.96. The van der Waals surface area contributed by atoms with Gasteiger partial charge in [0.25, 0.3) is 5.56 Å². The maximum Gasteiger partial charge on any atom is 0.338 e. The maximum atomic E-state index is 13.3. The summed E-state index contributed by atoms with van der Waals surface area (Å²) in [6.07, 6.45) is 1.81. The van der Waals surface area contributed by atoms with Gasteiger partial charge in [-0.1, -0.05) is 29.5 Å². The highest BCUT2D eigenvalue weighted by Gasteiger charge is 2.32. The summed E-state index contributed by atoms with van der Waals surface area (Å²) < 4.78 is 23.4. The van der Waals surface area contributed by atoms with Crippen molar-refractivity contribution in [3.8, 4) is 17.2 Å². The Balaban J connectivity index is 1.67. The minimum absolute atomic E-state index is 0.148. The van der Waals surface area contributed by atoms with E-state index in [1.54, 1.807) is 33.1 Å². The minimum Gasteiger partial charge on any atom is -0.497 e. The van der Waals surface area contributed by atoms with E-state index in [0.29, 0.717) is 32.1 Å². The van der Waals surface area contributed by atoms with Crippen molar-refractivity contribution >= 4 is 29.1 Å². The monoisotopic (exact) mass is 478 g/mol. The van der Waals surface area contributed by atoms with Crippen LogP contribution in [-0.4, -0.2) is 31.0 Å². The molecular formula is C25H22N2O6S. The van der Waals surface area contributed by atoms with Gasteiger partial charge >= 0.3 is 5.97 Å². The van der Waals surface area contributed by atoms with E-state index in [-0.39, 0.29) is 19.0 Å². The number of aromatic nitrogens is 1. The van der Waals surface area contributed by atoms with Gasteiger partial charge in [-0.25, -0.2) is 9.79 Å². The summed E-state index contributed by atoms with van der Waals surface area (Å²) in [5.74, 6) is 1.47. The van der Waals surface area contributed by atoms with Gasteiger partial charge in [-0.15, -0.1) is 0 Å². The van der Waals surface area contributed by atoms with E-state index in [1.807, 2.05) is 36.4 Å². The van der Waals surface area contributed by atoms with Gasteiger partial charge in [0.05, 0.1) is 23.8 Å². The van der Waals surface area contributed by atoms with Crippen LogP contribution >= 0.6 is 11.3 Å². The third-order valence-corrected chi connectivity index (χ3v) is 6.65. The molecule has 34 heavy (non-hydrogen) atoms. The highest BCUT2D eigenvalue weighted by atomic mass is 32.1. The molecular weight excluding hydrogens is 456 g/mol. The molecule has 5 rings (SSSR count). The van der Waals surface area contributed by atoms with Crippen molar-refractivity contribution in [3.63, 3.8) is 0 Å². The topological polar surface area (TPSA) is 88.4 Å². The maximum absolute atomic E-state index is 13.3. The highest BCUT2D eigenvalue weighted by molar-refractivity contribution is 7.07. The van der Waals surface area contributed by atoms with Crippen molar-refractivity contribution in [1.82, 2.24) is 4.57 Å². The Labute approximate surface area is 199 Å². The lowest BCUT2D eigenvalue weighted by Gasteiger charge is -2.22. The van der Waals surface area contributed by atoms with E-state index in [2.05, 4.69) is 0 Å². The van der Waals surface area contributed by atoms with E-state index in [4.69, 9.17) is 23.9 Å². The van der Waals surface area contributed by atoms with Crippen molar-refractivity contribution in [1.29, 1.82) is 0 Å². The molecule has 3 aromatic rings. The number of nitrogens with zero attached hydrogens (tertiary/aromatic N) is 2. The number of carbonyl (C=O) groups excluding carboxylic acids is 1. The number of thiazole rings is 1. The van der Waals surface area contributed by atoms with Gasteiger partial charge in [-0.3, -0.25) is 9.36 Å². The van der Waals surface area contributed by atoms with Crippen LogP contribution < -0.4 is 29.1 Å². The van der Waals surface area contributed by atoms with Crippen LogP contribution in [0.4, 0.5) is 0 Å². The van der Waals surface area contributed by atoms with Crippen LogP contribution in [-0.2, 0) is 9.53 Å². The van der Waals surface area contributed by atoms with E-state index in [9.17, 15) is 9.59 Å². The van der Waals surface area contributed by atoms with Crippen LogP contribution in [0.15, 0.2) is 57.8 Å². The number of fused-ring (bicyclic) bond motifs is 2. The fraction of sp³-hybridized carbons (Fsp3) is 0.240. The molecule has 1 aromatic heterocycles. The molecule has 0 saturated carbocycles. The Morgan fingerprint density at radius 2 is 1.97 bits per heavy atom. The van der Waals surface area contributed by atoms with Crippen molar-refractivity contribution in [3.05, 3.63) is 78.9 Å². The first-order chi connectivity index (χ1) is 16.5. The van der Waals surface area contributed by atoms with Gasteiger partial charge in [0.1, 0.15) is 11.8 Å². The van der Waals surface area contributed by atoms with E-state index < -0.39 is 12.0 Å². The van der Waals surface area contributed by atoms with Crippen molar-refractivity contribution < 1.29 is 23.7 Å². The van der Waals surface area contributed by atoms with Gasteiger partial charge in [0.15, 0.2) is 16.3 Å². The molecule has 1 atom stereocenters. The van der Waals surface area contributed by atoms with Crippen LogP contribution in [0.5, 0.6) is 17.2 Å². The number of methoxy groups -OCH3 is 1. The average molecular weight is 479 g/mol. The predicted molar refractivity (Wildman–Crippen MR) is 127 cm³/mol. The summed E-state index contributed by atoms with van der Waals surface area (Å²) in [7, 11) is 1.60. The summed E-state index contributed by atoms with van der Waals surface area (Å²) in [4.78, 5) is 31.6. The summed E-state index contributed by atoms with van der Waals surface area (Å²) in [5.41, 5.74) is 2.20. The molecule has 9 heteroatoms. The molecule has 0 bridgehead atoms. The summed E-state index contributed by atoms with van der Waals surface area (Å²) in [6, 6.07) is 12.2. The first kappa shape index (κ1) is 22.0. The first-order valence-electron chi connectivity index (χ1n) is 10.7. The number of esters is 1. The number of ether oxygens (including phenoxy) is 4. The van der Waals surface area contributed by atoms with E-state index in [1.165, 1.54) is 15.9 Å². The number of hydrogen-bond acceptors (Lipinski definition) is 8. The largest absolute Gasteiger partial charge is 0.497 e. The van der Waals surface area contributed by atoms with Crippen LogP contribution in [0.2, 0.25) is 0 Å². The Hall–Kier alpha value is -3.85. The SMILES string of the molecule is CCOC(=O)C1=C(C)n2c(s/c(=C\c3ccc(OC)cc3)c2=O)=N[C@@H]1c1ccc2c(c1)OCO2. The predicted octanol–water partition coefficient (Wildman–Crippen LogP) is 2.64. The van der Waals surface area contributed by atoms with Gasteiger partial charge < -0.3 is 18.9 Å². The molecule has 3 heterocycles. The molecule has 8 nitrogen and oxygen atoms in total. The molecule has 0 unspecified atom stereocenters. The molecule has 0 amide bonds. The molecule has 2 aromatic carbocycles. The van der Waals surface area contributed by atoms with Crippen molar-refractivity contribution in [2.75, 3.05) is 20.5 Å². The molecule has 0 radical (unpaired) electrons. The molecule has 0 N–H and O–H groups in total. The Morgan fingerprint density at radius 3 is 2.71 bits per heavy atom. The third-order valence-electron chi connectivity index (χ3n) is 5.67. The first-order valence-corrected chi connectivity index (χ1v) is 11.5. The third kappa shape index (κ3) is 3.77. The summed E-state index contributed by atoms with van der Waals surface area (Å²) in [6.45, 7) is 3.85. The van der Waals surface area contributed by atoms with Gasteiger partial charge in [0.2, 0.25) is 6.79 Å². The zero-order valence-electron chi connectivity index (χ0n) is 18.9. The lowest BCUT2D eigenvalue weighted by molar-refractivity contribution is -0.138. The zero-order valence-corrected chi connectivity index (χ0v) is 19.7. The number of allylic oxidation sites excluding steroid dienone is 1. The van der Waals surface area contributed by atoms with E-state index in [0.717, 1.165) is 16.9 Å². The van der Waals surface area contributed by atoms with Gasteiger partial charge in [-0.2, -0.15) is 0 Å². The fourth-order valence-electron chi connectivity index (χ4n) is 3.99. The Kier molecular flexibility index (Phi) is 5.70. The normalized spacial score (nSPS) is 16.8. The second-order valence-corrected chi connectivity index (χ2v) is 8.68. The second-order valence-electron chi connectivity index (χ2n) is 7.67. The van der Waals surface area contributed by atoms with Crippen LogP contribution in [0, 0.1) is 0 Å². The lowest BCUT2D eigenvalue weighted by Crippen LogP contribution is -2.35. The number of carbonyl (C=O) groups is 1. The Bertz CT molecular complexity index is 1480. The summed E-state index contributed by atoms with van der Waals surface area (Å²) >= 11 is 1.28. The molecule has 2 aliphatic heterocycles. The van der Waals surface area contributed by atoms with Gasteiger partial charge in [0, 0.05) is 5.70 Å². The second kappa shape index (κ2) is 8.83. The molecule has 0 fully saturated rings. The standard InChI is InChI=1S/C25H22N2O6S/c1-4-31-24(29)21-14(2)27-23(28)20(11-15-5-8-17(30-3)9-6-15)34-25(27)26-22(21)16-7-10-18-19(12-16)33-13-32-18/h5-12,22H,4,13H2,1-3H3/b20-11-/t22-/m1/s1. The van der Waals surface area contributed by atoms with Crippen LogP contribution in [0.3, 0.4) is 0 Å². The summed E-state index contributed by atoms with van der Waals surface area (Å²) in [5, 5.41) is 0. The van der Waals surface area contributed by atoms with E-state index >= 15 is 0 Å². The zero-order chi connectivity index (χ0) is 23.8. The Morgan fingerprint density at radius 1 is 1.21 bits per heavy atom. The van der Waals surface area contributed by atoms with Crippen LogP contribution in [0.1, 0.15) is 31.0 Å². The number of hydrogen-bond donors (Lipinski definition) is 0. The number of rotatable bonds is 5. The van der Waals surface area contributed by atoms with Gasteiger partial charge in [-0.05, 0) is 55.3 Å². The molecule has 174 valence electrons. The molecule has 0 spiro atoms. The van der Waals surface area contributed by atoms with Crippen molar-refractivity contribution in [2.45, 2.75) is 19.9 Å². The molecule has 0 aliphatic carbocycles. The molecule has 0 saturated heterocycles. The average Bonchev–Trinajstić information content (AvgIpc) is 3.43. The molecule has 2 aliphatic rings. The van der Waals surface area contributed by atoms with Crippen LogP contribution in [0.25, 0.3) is 11.8 Å². The highest BCUT2D eigenvalue weighted by Crippen LogP contribution is 2.38. The smallest absolute Gasteiger partial charge is 0.338 e. The quantitative estimate of drug-likeness (QED) is 0.524. The minimum atomic E-state index is -0.638. The fourth-order valence-corrected chi connectivity index (χ4v) is 5.03. The van der Waals surface area contributed by atoms with Crippen molar-refractivity contribution in [2.24, 2.45) is 4.99 Å².